The SMILES string of the molecule is C=C(C)N1C(=O)/C(=C(/OCC)c2ccccc2)c2ccc(C(=O)OC)cc21. The van der Waals surface area contributed by atoms with Gasteiger partial charge in [0.15, 0.2) is 0 Å². The minimum absolute atomic E-state index is 0.230. The number of hydrogen-bond donors (Lipinski definition) is 0. The van der Waals surface area contributed by atoms with Crippen molar-refractivity contribution >= 4 is 28.9 Å². The second-order valence-electron chi connectivity index (χ2n) is 6.10. The molecule has 1 aliphatic heterocycles. The molecule has 138 valence electrons. The van der Waals surface area contributed by atoms with Crippen molar-refractivity contribution in [3.63, 3.8) is 0 Å². The molecule has 2 aromatic carbocycles. The molecule has 0 saturated heterocycles. The number of esters is 1. The van der Waals surface area contributed by atoms with Crippen LogP contribution in [0.15, 0.2) is 60.8 Å². The van der Waals surface area contributed by atoms with E-state index >= 15 is 0 Å². The van der Waals surface area contributed by atoms with Gasteiger partial charge in [0.25, 0.3) is 5.91 Å². The average molecular weight is 363 g/mol. The van der Waals surface area contributed by atoms with Crippen LogP contribution in [0.2, 0.25) is 0 Å². The van der Waals surface area contributed by atoms with Crippen molar-refractivity contribution in [2.45, 2.75) is 13.8 Å². The molecule has 1 aliphatic rings. The van der Waals surface area contributed by atoms with Gasteiger partial charge in [-0.05, 0) is 26.0 Å². The second kappa shape index (κ2) is 7.50. The fraction of sp³-hybridized carbons (Fsp3) is 0.182. The first-order valence-electron chi connectivity index (χ1n) is 8.64. The number of carbonyl (C=O) groups is 2. The van der Waals surface area contributed by atoms with Crippen LogP contribution in [0.5, 0.6) is 0 Å². The van der Waals surface area contributed by atoms with Crippen molar-refractivity contribution < 1.29 is 19.1 Å². The molecule has 3 rings (SSSR count). The Morgan fingerprint density at radius 2 is 1.81 bits per heavy atom. The van der Waals surface area contributed by atoms with Gasteiger partial charge in [-0.3, -0.25) is 9.69 Å². The van der Waals surface area contributed by atoms with Crippen LogP contribution < -0.4 is 4.90 Å². The number of ether oxygens (including phenoxy) is 2. The number of methoxy groups -OCH3 is 1. The van der Waals surface area contributed by atoms with Crippen molar-refractivity contribution in [3.8, 4) is 0 Å². The van der Waals surface area contributed by atoms with E-state index in [-0.39, 0.29) is 5.91 Å². The first-order chi connectivity index (χ1) is 13.0. The van der Waals surface area contributed by atoms with Crippen LogP contribution in [0.3, 0.4) is 0 Å². The molecule has 0 spiro atoms. The Kier molecular flexibility index (Phi) is 5.12. The first-order valence-corrected chi connectivity index (χ1v) is 8.64. The molecule has 5 nitrogen and oxygen atoms in total. The molecule has 0 fully saturated rings. The van der Waals surface area contributed by atoms with E-state index in [1.807, 2.05) is 37.3 Å². The van der Waals surface area contributed by atoms with Crippen LogP contribution in [0.25, 0.3) is 11.3 Å². The molecule has 2 aromatic rings. The Balaban J connectivity index is 2.28. The summed E-state index contributed by atoms with van der Waals surface area (Å²) in [6.45, 7) is 7.96. The molecule has 0 unspecified atom stereocenters. The summed E-state index contributed by atoms with van der Waals surface area (Å²) in [5.74, 6) is -0.178. The number of fused-ring (bicyclic) bond motifs is 1. The molecule has 1 amide bonds. The van der Waals surface area contributed by atoms with Gasteiger partial charge in [-0.25, -0.2) is 4.79 Å². The number of benzene rings is 2. The van der Waals surface area contributed by atoms with Crippen LogP contribution in [0.1, 0.15) is 35.3 Å². The van der Waals surface area contributed by atoms with Gasteiger partial charge in [0, 0.05) is 16.8 Å². The van der Waals surface area contributed by atoms with Gasteiger partial charge < -0.3 is 9.47 Å². The maximum Gasteiger partial charge on any atom is 0.337 e. The lowest BCUT2D eigenvalue weighted by atomic mass is 10.0. The van der Waals surface area contributed by atoms with E-state index in [0.29, 0.717) is 40.5 Å². The van der Waals surface area contributed by atoms with Crippen molar-refractivity contribution in [1.29, 1.82) is 0 Å². The summed E-state index contributed by atoms with van der Waals surface area (Å²) in [5.41, 5.74) is 3.49. The zero-order valence-corrected chi connectivity index (χ0v) is 15.6. The summed E-state index contributed by atoms with van der Waals surface area (Å²) in [6.07, 6.45) is 0. The van der Waals surface area contributed by atoms with E-state index in [9.17, 15) is 9.59 Å². The predicted octanol–water partition coefficient (Wildman–Crippen LogP) is 4.26. The quantitative estimate of drug-likeness (QED) is 0.452. The predicted molar refractivity (Wildman–Crippen MR) is 105 cm³/mol. The summed E-state index contributed by atoms with van der Waals surface area (Å²) in [7, 11) is 1.32. The average Bonchev–Trinajstić information content (AvgIpc) is 2.97. The number of carbonyl (C=O) groups excluding carboxylic acids is 2. The first kappa shape index (κ1) is 18.5. The molecule has 0 aliphatic carbocycles. The summed E-state index contributed by atoms with van der Waals surface area (Å²) < 4.78 is 10.7. The van der Waals surface area contributed by atoms with Crippen molar-refractivity contribution in [1.82, 2.24) is 0 Å². The summed E-state index contributed by atoms with van der Waals surface area (Å²) in [5, 5.41) is 0. The molecule has 5 heteroatoms. The third-order valence-electron chi connectivity index (χ3n) is 4.28. The van der Waals surface area contributed by atoms with Crippen LogP contribution >= 0.6 is 0 Å². The van der Waals surface area contributed by atoms with Crippen molar-refractivity contribution in [2.24, 2.45) is 0 Å². The monoisotopic (exact) mass is 363 g/mol. The van der Waals surface area contributed by atoms with Gasteiger partial charge in [0.05, 0.1) is 30.5 Å². The highest BCUT2D eigenvalue weighted by Gasteiger charge is 2.37. The van der Waals surface area contributed by atoms with Crippen molar-refractivity contribution in [2.75, 3.05) is 18.6 Å². The molecular weight excluding hydrogens is 342 g/mol. The number of allylic oxidation sites excluding steroid dienone is 1. The number of hydrogen-bond acceptors (Lipinski definition) is 4. The van der Waals surface area contributed by atoms with Gasteiger partial charge in [-0.1, -0.05) is 43.0 Å². The van der Waals surface area contributed by atoms with E-state index in [1.54, 1.807) is 25.1 Å². The maximum atomic E-state index is 13.3. The lowest BCUT2D eigenvalue weighted by molar-refractivity contribution is -0.112. The lowest BCUT2D eigenvalue weighted by Crippen LogP contribution is -2.24. The van der Waals surface area contributed by atoms with Gasteiger partial charge in [0.2, 0.25) is 0 Å². The van der Waals surface area contributed by atoms with Crippen LogP contribution in [0.4, 0.5) is 5.69 Å². The van der Waals surface area contributed by atoms with Gasteiger partial charge in [0.1, 0.15) is 5.76 Å². The number of nitrogens with zero attached hydrogens (tertiary/aromatic N) is 1. The number of anilines is 1. The van der Waals surface area contributed by atoms with Gasteiger partial charge >= 0.3 is 5.97 Å². The normalized spacial score (nSPS) is 14.6. The maximum absolute atomic E-state index is 13.3. The van der Waals surface area contributed by atoms with Crippen LogP contribution in [-0.2, 0) is 14.3 Å². The molecule has 0 N–H and O–H groups in total. The molecule has 0 atom stereocenters. The fourth-order valence-corrected chi connectivity index (χ4v) is 3.14. The third kappa shape index (κ3) is 3.24. The molecule has 27 heavy (non-hydrogen) atoms. The summed E-state index contributed by atoms with van der Waals surface area (Å²) in [4.78, 5) is 26.7. The highest BCUT2D eigenvalue weighted by molar-refractivity contribution is 6.38. The third-order valence-corrected chi connectivity index (χ3v) is 4.28. The smallest absolute Gasteiger partial charge is 0.337 e. The van der Waals surface area contributed by atoms with Crippen LogP contribution in [-0.4, -0.2) is 25.6 Å². The second-order valence-corrected chi connectivity index (χ2v) is 6.10. The standard InChI is InChI=1S/C22H21NO4/c1-5-27-20(15-9-7-6-8-10-15)19-17-12-11-16(22(25)26-4)13-18(17)23(14(2)3)21(19)24/h6-13H,2,5H2,1,3-4H3/b20-19+. The molecule has 0 aromatic heterocycles. The minimum Gasteiger partial charge on any atom is -0.492 e. The molecule has 0 saturated carbocycles. The van der Waals surface area contributed by atoms with E-state index in [0.717, 1.165) is 5.56 Å². The van der Waals surface area contributed by atoms with Gasteiger partial charge in [-0.2, -0.15) is 0 Å². The Labute approximate surface area is 158 Å². The van der Waals surface area contributed by atoms with Crippen LogP contribution in [0, 0.1) is 0 Å². The molecular formula is C22H21NO4. The Morgan fingerprint density at radius 3 is 2.41 bits per heavy atom. The van der Waals surface area contributed by atoms with Crippen molar-refractivity contribution in [3.05, 3.63) is 77.5 Å². The topological polar surface area (TPSA) is 55.8 Å². The highest BCUT2D eigenvalue weighted by atomic mass is 16.5. The van der Waals surface area contributed by atoms with E-state index < -0.39 is 5.97 Å². The van der Waals surface area contributed by atoms with E-state index in [1.165, 1.54) is 12.0 Å². The number of rotatable bonds is 5. The van der Waals surface area contributed by atoms with Gasteiger partial charge in [-0.15, -0.1) is 0 Å². The Hall–Kier alpha value is -3.34. The number of amides is 1. The zero-order valence-electron chi connectivity index (χ0n) is 15.6. The zero-order chi connectivity index (χ0) is 19.6. The Bertz CT molecular complexity index is 944. The highest BCUT2D eigenvalue weighted by Crippen LogP contribution is 2.43. The molecule has 0 bridgehead atoms. The Morgan fingerprint density at radius 1 is 1.11 bits per heavy atom. The molecule has 1 heterocycles. The fourth-order valence-electron chi connectivity index (χ4n) is 3.14. The summed E-state index contributed by atoms with van der Waals surface area (Å²) in [6, 6.07) is 14.5. The minimum atomic E-state index is -0.461. The summed E-state index contributed by atoms with van der Waals surface area (Å²) >= 11 is 0. The lowest BCUT2D eigenvalue weighted by Gasteiger charge is -2.17. The molecule has 0 radical (unpaired) electrons. The van der Waals surface area contributed by atoms with E-state index in [4.69, 9.17) is 9.47 Å². The largest absolute Gasteiger partial charge is 0.492 e. The van der Waals surface area contributed by atoms with E-state index in [2.05, 4.69) is 6.58 Å².